The number of likely N-dealkylation sites (tertiary alicyclic amines) is 1. The smallest absolute Gasteiger partial charge is 0.227 e. The highest BCUT2D eigenvalue weighted by atomic mass is 16.2. The van der Waals surface area contributed by atoms with Crippen molar-refractivity contribution < 1.29 is 4.79 Å². The highest BCUT2D eigenvalue weighted by Gasteiger charge is 2.39. The fourth-order valence-electron chi connectivity index (χ4n) is 4.23. The first kappa shape index (κ1) is 12.5. The van der Waals surface area contributed by atoms with Crippen LogP contribution in [0.4, 0.5) is 0 Å². The van der Waals surface area contributed by atoms with Crippen LogP contribution < -0.4 is 5.32 Å². The lowest BCUT2D eigenvalue weighted by Gasteiger charge is -2.45. The molecule has 0 bridgehead atoms. The highest BCUT2D eigenvalue weighted by Crippen LogP contribution is 2.43. The molecule has 3 fully saturated rings. The molecule has 2 heterocycles. The minimum atomic E-state index is 0.267. The van der Waals surface area contributed by atoms with Gasteiger partial charge in [-0.1, -0.05) is 19.3 Å². The zero-order valence-corrected chi connectivity index (χ0v) is 11.4. The Labute approximate surface area is 110 Å². The summed E-state index contributed by atoms with van der Waals surface area (Å²) in [7, 11) is 0. The van der Waals surface area contributed by atoms with Gasteiger partial charge in [0.25, 0.3) is 0 Å². The summed E-state index contributed by atoms with van der Waals surface area (Å²) in [5.41, 5.74) is 0.498. The van der Waals surface area contributed by atoms with Crippen LogP contribution >= 0.6 is 0 Å². The third-order valence-corrected chi connectivity index (χ3v) is 5.30. The van der Waals surface area contributed by atoms with Crippen LogP contribution in [-0.4, -0.2) is 37.0 Å². The van der Waals surface area contributed by atoms with Crippen LogP contribution in [0.2, 0.25) is 0 Å². The summed E-state index contributed by atoms with van der Waals surface area (Å²) >= 11 is 0. The molecule has 3 rings (SSSR count). The van der Waals surface area contributed by atoms with E-state index in [-0.39, 0.29) is 5.92 Å². The van der Waals surface area contributed by atoms with E-state index in [1.165, 1.54) is 44.9 Å². The largest absolute Gasteiger partial charge is 0.342 e. The molecule has 102 valence electrons. The zero-order chi connectivity index (χ0) is 12.4. The molecular weight excluding hydrogens is 224 g/mol. The predicted molar refractivity (Wildman–Crippen MR) is 72.3 cm³/mol. The van der Waals surface area contributed by atoms with E-state index in [9.17, 15) is 4.79 Å². The molecular formula is C15H26N2O. The molecule has 3 heteroatoms. The van der Waals surface area contributed by atoms with Crippen LogP contribution in [0.5, 0.6) is 0 Å². The van der Waals surface area contributed by atoms with Crippen LogP contribution in [0.1, 0.15) is 51.4 Å². The third-order valence-electron chi connectivity index (χ3n) is 5.30. The van der Waals surface area contributed by atoms with Crippen LogP contribution in [-0.2, 0) is 4.79 Å². The molecule has 0 aromatic carbocycles. The Bertz CT molecular complexity index is 298. The quantitative estimate of drug-likeness (QED) is 0.773. The van der Waals surface area contributed by atoms with Crippen molar-refractivity contribution >= 4 is 5.91 Å². The molecule has 2 aliphatic heterocycles. The van der Waals surface area contributed by atoms with Crippen molar-refractivity contribution in [2.45, 2.75) is 51.4 Å². The second-order valence-electron chi connectivity index (χ2n) is 6.61. The van der Waals surface area contributed by atoms with Gasteiger partial charge < -0.3 is 10.2 Å². The second kappa shape index (κ2) is 5.20. The lowest BCUT2D eigenvalue weighted by Crippen LogP contribution is -2.49. The van der Waals surface area contributed by atoms with Gasteiger partial charge in [0.15, 0.2) is 0 Å². The lowest BCUT2D eigenvalue weighted by molar-refractivity contribution is -0.139. The molecule has 18 heavy (non-hydrogen) atoms. The number of rotatable bonds is 1. The summed E-state index contributed by atoms with van der Waals surface area (Å²) in [5.74, 6) is 0.702. The molecule has 0 aromatic rings. The van der Waals surface area contributed by atoms with Gasteiger partial charge in [-0.05, 0) is 44.1 Å². The Kier molecular flexibility index (Phi) is 3.60. The topological polar surface area (TPSA) is 32.3 Å². The minimum absolute atomic E-state index is 0.267. The second-order valence-corrected chi connectivity index (χ2v) is 6.61. The van der Waals surface area contributed by atoms with Gasteiger partial charge in [-0.2, -0.15) is 0 Å². The number of amides is 1. The Morgan fingerprint density at radius 3 is 2.61 bits per heavy atom. The number of nitrogens with zero attached hydrogens (tertiary/aromatic N) is 1. The van der Waals surface area contributed by atoms with Crippen molar-refractivity contribution in [1.82, 2.24) is 10.2 Å². The maximum Gasteiger partial charge on any atom is 0.227 e. The number of piperidine rings is 1. The first-order valence-electron chi connectivity index (χ1n) is 7.79. The summed E-state index contributed by atoms with van der Waals surface area (Å²) in [6.07, 6.45) is 10.5. The number of carbonyl (C=O) groups excluding carboxylic acids is 1. The standard InChI is InChI=1S/C15H26N2O/c18-14(13-5-9-16-11-13)17-10-4-8-15(12-17)6-2-1-3-7-15/h13,16H,1-12H2. The van der Waals surface area contributed by atoms with E-state index in [1.807, 2.05) is 0 Å². The van der Waals surface area contributed by atoms with Gasteiger partial charge in [0.05, 0.1) is 5.92 Å². The molecule has 1 unspecified atom stereocenters. The van der Waals surface area contributed by atoms with Crippen molar-refractivity contribution in [2.24, 2.45) is 11.3 Å². The molecule has 0 radical (unpaired) electrons. The van der Waals surface area contributed by atoms with Crippen LogP contribution in [0, 0.1) is 11.3 Å². The average molecular weight is 250 g/mol. The normalized spacial score (nSPS) is 31.8. The summed E-state index contributed by atoms with van der Waals surface area (Å²) in [6, 6.07) is 0. The van der Waals surface area contributed by atoms with Gasteiger partial charge in [-0.3, -0.25) is 4.79 Å². The predicted octanol–water partition coefficient (Wildman–Crippen LogP) is 2.17. The van der Waals surface area contributed by atoms with Crippen molar-refractivity contribution in [2.75, 3.05) is 26.2 Å². The highest BCUT2D eigenvalue weighted by molar-refractivity contribution is 5.79. The molecule has 1 spiro atoms. The van der Waals surface area contributed by atoms with Crippen LogP contribution in [0.3, 0.4) is 0 Å². The maximum atomic E-state index is 12.5. The van der Waals surface area contributed by atoms with Crippen molar-refractivity contribution in [3.8, 4) is 0 Å². The first-order chi connectivity index (χ1) is 8.79. The molecule has 1 saturated carbocycles. The number of hydrogen-bond donors (Lipinski definition) is 1. The molecule has 1 atom stereocenters. The number of hydrogen-bond acceptors (Lipinski definition) is 2. The summed E-state index contributed by atoms with van der Waals surface area (Å²) in [5, 5.41) is 3.32. The van der Waals surface area contributed by atoms with E-state index in [2.05, 4.69) is 10.2 Å². The lowest BCUT2D eigenvalue weighted by atomic mass is 9.69. The van der Waals surface area contributed by atoms with E-state index >= 15 is 0 Å². The first-order valence-corrected chi connectivity index (χ1v) is 7.79. The van der Waals surface area contributed by atoms with E-state index in [1.54, 1.807) is 0 Å². The zero-order valence-electron chi connectivity index (χ0n) is 11.4. The molecule has 3 nitrogen and oxygen atoms in total. The van der Waals surface area contributed by atoms with E-state index in [0.29, 0.717) is 11.3 Å². The van der Waals surface area contributed by atoms with Crippen molar-refractivity contribution in [3.63, 3.8) is 0 Å². The van der Waals surface area contributed by atoms with Crippen LogP contribution in [0.25, 0.3) is 0 Å². The maximum absolute atomic E-state index is 12.5. The minimum Gasteiger partial charge on any atom is -0.342 e. The Morgan fingerprint density at radius 2 is 1.89 bits per heavy atom. The molecule has 1 amide bonds. The Balaban J connectivity index is 1.64. The monoisotopic (exact) mass is 250 g/mol. The van der Waals surface area contributed by atoms with Gasteiger partial charge in [0.1, 0.15) is 0 Å². The number of carbonyl (C=O) groups is 1. The summed E-state index contributed by atoms with van der Waals surface area (Å²) in [6.45, 7) is 4.00. The van der Waals surface area contributed by atoms with E-state index in [0.717, 1.165) is 32.6 Å². The van der Waals surface area contributed by atoms with E-state index in [4.69, 9.17) is 0 Å². The van der Waals surface area contributed by atoms with Gasteiger partial charge in [-0.25, -0.2) is 0 Å². The fraction of sp³-hybridized carbons (Fsp3) is 0.933. The van der Waals surface area contributed by atoms with Gasteiger partial charge >= 0.3 is 0 Å². The SMILES string of the molecule is O=C(C1CCNC1)N1CCCC2(CCCCC2)C1. The number of nitrogens with one attached hydrogen (secondary N) is 1. The van der Waals surface area contributed by atoms with Crippen molar-refractivity contribution in [1.29, 1.82) is 0 Å². The van der Waals surface area contributed by atoms with Gasteiger partial charge in [0, 0.05) is 19.6 Å². The molecule has 1 aliphatic carbocycles. The summed E-state index contributed by atoms with van der Waals surface area (Å²) < 4.78 is 0. The molecule has 3 aliphatic rings. The van der Waals surface area contributed by atoms with Gasteiger partial charge in [-0.15, -0.1) is 0 Å². The van der Waals surface area contributed by atoms with E-state index < -0.39 is 0 Å². The average Bonchev–Trinajstić information content (AvgIpc) is 2.93. The molecule has 0 aromatic heterocycles. The van der Waals surface area contributed by atoms with Gasteiger partial charge in [0.2, 0.25) is 5.91 Å². The van der Waals surface area contributed by atoms with Crippen molar-refractivity contribution in [3.05, 3.63) is 0 Å². The molecule has 1 N–H and O–H groups in total. The van der Waals surface area contributed by atoms with Crippen LogP contribution in [0.15, 0.2) is 0 Å². The molecule has 2 saturated heterocycles. The summed E-state index contributed by atoms with van der Waals surface area (Å²) in [4.78, 5) is 14.7. The Hall–Kier alpha value is -0.570. The Morgan fingerprint density at radius 1 is 1.11 bits per heavy atom. The third kappa shape index (κ3) is 2.42. The fourth-order valence-corrected chi connectivity index (χ4v) is 4.23.